The van der Waals surface area contributed by atoms with Crippen LogP contribution in [-0.2, 0) is 0 Å². The minimum atomic E-state index is 0.695. The Morgan fingerprint density at radius 1 is 1.24 bits per heavy atom. The van der Waals surface area contributed by atoms with Crippen molar-refractivity contribution in [3.8, 4) is 11.3 Å². The average Bonchev–Trinajstić information content (AvgIpc) is 2.98. The molecule has 0 saturated heterocycles. The summed E-state index contributed by atoms with van der Waals surface area (Å²) < 4.78 is 0. The maximum Gasteiger partial charge on any atom is 0.0954 e. The predicted octanol–water partition coefficient (Wildman–Crippen LogP) is 4.05. The Morgan fingerprint density at radius 3 is 2.76 bits per heavy atom. The normalized spacial score (nSPS) is 16.5. The summed E-state index contributed by atoms with van der Waals surface area (Å²) in [5.41, 5.74) is 9.74. The molecule has 17 heavy (non-hydrogen) atoms. The molecular weight excluding hydrogens is 228 g/mol. The molecule has 0 radical (unpaired) electrons. The maximum absolute atomic E-state index is 6.12. The highest BCUT2D eigenvalue weighted by Crippen LogP contribution is 2.44. The van der Waals surface area contributed by atoms with Crippen molar-refractivity contribution in [2.45, 2.75) is 31.6 Å². The summed E-state index contributed by atoms with van der Waals surface area (Å²) in [5.74, 6) is 0.695. The van der Waals surface area contributed by atoms with Gasteiger partial charge in [-0.25, -0.2) is 0 Å². The van der Waals surface area contributed by atoms with Crippen LogP contribution in [0.15, 0.2) is 29.8 Å². The van der Waals surface area contributed by atoms with E-state index in [1.165, 1.54) is 36.8 Å². The number of nitrogen functional groups attached to an aromatic ring is 1. The van der Waals surface area contributed by atoms with E-state index >= 15 is 0 Å². The molecule has 88 valence electrons. The smallest absolute Gasteiger partial charge is 0.0954 e. The molecule has 1 aliphatic rings. The first-order chi connectivity index (χ1) is 8.36. The summed E-state index contributed by atoms with van der Waals surface area (Å²) >= 11 is 1.65. The largest absolute Gasteiger partial charge is 0.390 e. The van der Waals surface area contributed by atoms with Crippen molar-refractivity contribution in [3.05, 3.63) is 35.3 Å². The number of hydrogen-bond donors (Lipinski definition) is 1. The molecule has 0 bridgehead atoms. The first-order valence-electron chi connectivity index (χ1n) is 6.14. The molecule has 3 heteroatoms. The Kier molecular flexibility index (Phi) is 2.85. The highest BCUT2D eigenvalue weighted by atomic mass is 32.1. The summed E-state index contributed by atoms with van der Waals surface area (Å²) in [4.78, 5) is 4.44. The fourth-order valence-electron chi connectivity index (χ4n) is 2.71. The Bertz CT molecular complexity index is 498. The average molecular weight is 244 g/mol. The van der Waals surface area contributed by atoms with Gasteiger partial charge in [0, 0.05) is 11.8 Å². The van der Waals surface area contributed by atoms with E-state index in [0.29, 0.717) is 5.92 Å². The van der Waals surface area contributed by atoms with Gasteiger partial charge >= 0.3 is 0 Å². The molecule has 1 aliphatic carbocycles. The fraction of sp³-hybridized carbons (Fsp3) is 0.357. The zero-order valence-corrected chi connectivity index (χ0v) is 10.5. The summed E-state index contributed by atoms with van der Waals surface area (Å²) in [7, 11) is 0. The van der Waals surface area contributed by atoms with Crippen LogP contribution in [0.1, 0.15) is 37.2 Å². The van der Waals surface area contributed by atoms with Crippen molar-refractivity contribution in [1.29, 1.82) is 0 Å². The number of rotatable bonds is 2. The summed E-state index contributed by atoms with van der Waals surface area (Å²) in [5, 5.41) is 3.14. The van der Waals surface area contributed by atoms with Crippen LogP contribution >= 0.6 is 11.3 Å². The first kappa shape index (κ1) is 10.8. The molecule has 2 heterocycles. The number of nitrogens with zero attached hydrogens (tertiary/aromatic N) is 1. The Balaban J connectivity index is 2.06. The lowest BCUT2D eigenvalue weighted by Crippen LogP contribution is -1.95. The Hall–Kier alpha value is -1.35. The van der Waals surface area contributed by atoms with Gasteiger partial charge < -0.3 is 5.73 Å². The van der Waals surface area contributed by atoms with E-state index in [4.69, 9.17) is 5.73 Å². The third kappa shape index (κ3) is 1.95. The van der Waals surface area contributed by atoms with E-state index in [9.17, 15) is 0 Å². The third-order valence-electron chi connectivity index (χ3n) is 3.56. The minimum Gasteiger partial charge on any atom is -0.390 e. The third-order valence-corrected chi connectivity index (χ3v) is 4.39. The maximum atomic E-state index is 6.12. The second-order valence-electron chi connectivity index (χ2n) is 4.63. The lowest BCUT2D eigenvalue weighted by Gasteiger charge is -2.10. The topological polar surface area (TPSA) is 38.9 Å². The van der Waals surface area contributed by atoms with Crippen LogP contribution in [0.3, 0.4) is 0 Å². The second-order valence-corrected chi connectivity index (χ2v) is 5.54. The molecule has 2 nitrogen and oxygen atoms in total. The van der Waals surface area contributed by atoms with E-state index in [1.807, 2.05) is 18.3 Å². The lowest BCUT2D eigenvalue weighted by atomic mass is 9.95. The van der Waals surface area contributed by atoms with Gasteiger partial charge in [0.25, 0.3) is 0 Å². The highest BCUT2D eigenvalue weighted by molar-refractivity contribution is 7.14. The van der Waals surface area contributed by atoms with Gasteiger partial charge in [0.1, 0.15) is 0 Å². The molecule has 0 spiro atoms. The predicted molar refractivity (Wildman–Crippen MR) is 73.2 cm³/mol. The van der Waals surface area contributed by atoms with Gasteiger partial charge in [-0.3, -0.25) is 4.98 Å². The van der Waals surface area contributed by atoms with Crippen molar-refractivity contribution in [1.82, 2.24) is 4.98 Å². The van der Waals surface area contributed by atoms with Gasteiger partial charge in [0.05, 0.1) is 10.7 Å². The van der Waals surface area contributed by atoms with Crippen LogP contribution < -0.4 is 5.73 Å². The van der Waals surface area contributed by atoms with E-state index in [-0.39, 0.29) is 0 Å². The zero-order chi connectivity index (χ0) is 11.7. The van der Waals surface area contributed by atoms with E-state index in [2.05, 4.69) is 16.4 Å². The number of hydrogen-bond acceptors (Lipinski definition) is 3. The number of pyridine rings is 1. The monoisotopic (exact) mass is 244 g/mol. The molecule has 0 aliphatic heterocycles. The van der Waals surface area contributed by atoms with Crippen molar-refractivity contribution >= 4 is 16.3 Å². The first-order valence-corrected chi connectivity index (χ1v) is 7.02. The van der Waals surface area contributed by atoms with Gasteiger partial charge in [-0.15, -0.1) is 11.3 Å². The molecule has 0 aromatic carbocycles. The number of anilines is 1. The molecule has 0 atom stereocenters. The van der Waals surface area contributed by atoms with Crippen LogP contribution in [-0.4, -0.2) is 4.98 Å². The van der Waals surface area contributed by atoms with Gasteiger partial charge in [0.15, 0.2) is 0 Å². The fourth-order valence-corrected chi connectivity index (χ4v) is 3.61. The van der Waals surface area contributed by atoms with Crippen molar-refractivity contribution in [2.24, 2.45) is 0 Å². The van der Waals surface area contributed by atoms with Crippen LogP contribution in [0, 0.1) is 0 Å². The highest BCUT2D eigenvalue weighted by Gasteiger charge is 2.23. The van der Waals surface area contributed by atoms with E-state index in [0.717, 1.165) is 10.7 Å². The summed E-state index contributed by atoms with van der Waals surface area (Å²) in [6.07, 6.45) is 7.14. The van der Waals surface area contributed by atoms with Crippen LogP contribution in [0.25, 0.3) is 11.3 Å². The quantitative estimate of drug-likeness (QED) is 0.865. The number of nitrogens with two attached hydrogens (primary N) is 1. The van der Waals surface area contributed by atoms with Crippen molar-refractivity contribution in [3.63, 3.8) is 0 Å². The Labute approximate surface area is 106 Å². The van der Waals surface area contributed by atoms with Crippen molar-refractivity contribution in [2.75, 3.05) is 5.73 Å². The van der Waals surface area contributed by atoms with E-state index in [1.54, 1.807) is 11.3 Å². The molecule has 0 amide bonds. The summed E-state index contributed by atoms with van der Waals surface area (Å²) in [6.45, 7) is 0. The standard InChI is InChI=1S/C14H16N2S/c15-14-13(12-7-3-4-8-16-12)11(9-17-14)10-5-1-2-6-10/h3-4,7-10H,1-2,5-6,15H2. The van der Waals surface area contributed by atoms with Crippen LogP contribution in [0.5, 0.6) is 0 Å². The van der Waals surface area contributed by atoms with Crippen molar-refractivity contribution < 1.29 is 0 Å². The number of thiophene rings is 1. The minimum absolute atomic E-state index is 0.695. The van der Waals surface area contributed by atoms with Crippen LogP contribution in [0.4, 0.5) is 5.00 Å². The van der Waals surface area contributed by atoms with Gasteiger partial charge in [-0.05, 0) is 41.8 Å². The molecule has 1 saturated carbocycles. The SMILES string of the molecule is Nc1scc(C2CCCC2)c1-c1ccccn1. The molecule has 1 fully saturated rings. The van der Waals surface area contributed by atoms with Gasteiger partial charge in [0.2, 0.25) is 0 Å². The molecule has 2 N–H and O–H groups in total. The molecule has 0 unspecified atom stereocenters. The van der Waals surface area contributed by atoms with Gasteiger partial charge in [-0.1, -0.05) is 18.9 Å². The van der Waals surface area contributed by atoms with Gasteiger partial charge in [-0.2, -0.15) is 0 Å². The lowest BCUT2D eigenvalue weighted by molar-refractivity contribution is 0.728. The molecule has 3 rings (SSSR count). The van der Waals surface area contributed by atoms with E-state index < -0.39 is 0 Å². The molecule has 2 aromatic rings. The Morgan fingerprint density at radius 2 is 2.06 bits per heavy atom. The zero-order valence-electron chi connectivity index (χ0n) is 9.73. The van der Waals surface area contributed by atoms with Crippen LogP contribution in [0.2, 0.25) is 0 Å². The number of aromatic nitrogens is 1. The second kappa shape index (κ2) is 4.49. The summed E-state index contributed by atoms with van der Waals surface area (Å²) in [6, 6.07) is 6.02. The molecular formula is C14H16N2S. The molecule has 2 aromatic heterocycles.